The number of carbonyl (C=O) groups excluding carboxylic acids is 2. The molecule has 1 fully saturated rings. The lowest BCUT2D eigenvalue weighted by Gasteiger charge is -2.17. The number of nitrogens with zero attached hydrogens (tertiary/aromatic N) is 1. The molecule has 1 aromatic carbocycles. The van der Waals surface area contributed by atoms with E-state index in [1.165, 1.54) is 11.3 Å². The molecule has 2 aromatic rings. The highest BCUT2D eigenvalue weighted by Crippen LogP contribution is 2.33. The summed E-state index contributed by atoms with van der Waals surface area (Å²) in [4.78, 5) is 26.9. The molecule has 0 bridgehead atoms. The Morgan fingerprint density at radius 2 is 2.00 bits per heavy atom. The Morgan fingerprint density at radius 1 is 1.27 bits per heavy atom. The van der Waals surface area contributed by atoms with Crippen molar-refractivity contribution in [3.63, 3.8) is 0 Å². The Kier molecular flexibility index (Phi) is 5.93. The van der Waals surface area contributed by atoms with Gasteiger partial charge in [0.05, 0.1) is 16.5 Å². The third-order valence-electron chi connectivity index (χ3n) is 4.30. The second-order valence-corrected chi connectivity index (χ2v) is 7.68. The summed E-state index contributed by atoms with van der Waals surface area (Å²) in [5.74, 6) is 1.05. The van der Waals surface area contributed by atoms with E-state index in [-0.39, 0.29) is 17.7 Å². The fourth-order valence-electron chi connectivity index (χ4n) is 2.61. The van der Waals surface area contributed by atoms with E-state index in [4.69, 9.17) is 4.74 Å². The molecule has 0 saturated heterocycles. The second-order valence-electron chi connectivity index (χ2n) is 6.63. The number of hydrogen-bond donors (Lipinski definition) is 1. The highest BCUT2D eigenvalue weighted by atomic mass is 32.1. The van der Waals surface area contributed by atoms with Crippen molar-refractivity contribution in [2.75, 3.05) is 25.5 Å². The molecule has 6 heteroatoms. The smallest absolute Gasteiger partial charge is 0.264 e. The van der Waals surface area contributed by atoms with Crippen LogP contribution in [0.15, 0.2) is 36.4 Å². The predicted molar refractivity (Wildman–Crippen MR) is 104 cm³/mol. The number of benzene rings is 1. The van der Waals surface area contributed by atoms with E-state index in [1.54, 1.807) is 11.9 Å². The zero-order chi connectivity index (χ0) is 18.5. The van der Waals surface area contributed by atoms with Gasteiger partial charge in [-0.2, -0.15) is 0 Å². The zero-order valence-corrected chi connectivity index (χ0v) is 16.0. The summed E-state index contributed by atoms with van der Waals surface area (Å²) < 4.78 is 5.66. The largest absolute Gasteiger partial charge is 0.494 e. The average molecular weight is 372 g/mol. The highest BCUT2D eigenvalue weighted by molar-refractivity contribution is 7.18. The number of anilines is 1. The van der Waals surface area contributed by atoms with Crippen LogP contribution in [0.1, 0.15) is 34.5 Å². The normalized spacial score (nSPS) is 13.3. The van der Waals surface area contributed by atoms with Crippen LogP contribution in [0.5, 0.6) is 5.75 Å². The molecule has 3 rings (SSSR count). The number of rotatable bonds is 8. The summed E-state index contributed by atoms with van der Waals surface area (Å²) >= 11 is 1.35. The van der Waals surface area contributed by atoms with E-state index in [1.807, 2.05) is 43.3 Å². The van der Waals surface area contributed by atoms with Crippen molar-refractivity contribution >= 4 is 28.2 Å². The first-order valence-corrected chi connectivity index (χ1v) is 9.71. The molecule has 0 spiro atoms. The molecule has 0 radical (unpaired) electrons. The monoisotopic (exact) mass is 372 g/mol. The predicted octanol–water partition coefficient (Wildman–Crippen LogP) is 3.95. The first kappa shape index (κ1) is 18.5. The lowest BCUT2D eigenvalue weighted by atomic mass is 10.2. The number of carbonyl (C=O) groups is 2. The lowest BCUT2D eigenvalue weighted by molar-refractivity contribution is -0.117. The summed E-state index contributed by atoms with van der Waals surface area (Å²) in [7, 11) is 1.80. The molecule has 0 aliphatic heterocycles. The molecule has 138 valence electrons. The van der Waals surface area contributed by atoms with E-state index < -0.39 is 0 Å². The first-order valence-electron chi connectivity index (χ1n) is 8.89. The minimum absolute atomic E-state index is 0.0147. The fraction of sp³-hybridized carbons (Fsp3) is 0.400. The summed E-state index contributed by atoms with van der Waals surface area (Å²) in [6.45, 7) is 3.09. The van der Waals surface area contributed by atoms with Gasteiger partial charge in [-0.3, -0.25) is 9.59 Å². The SMILES string of the molecule is Cc1cc(NC(=O)C2CC2)sc1C(=O)N(C)CCCOc1ccccc1. The van der Waals surface area contributed by atoms with Crippen LogP contribution in [-0.4, -0.2) is 36.9 Å². The van der Waals surface area contributed by atoms with E-state index in [0.717, 1.165) is 35.6 Å². The quantitative estimate of drug-likeness (QED) is 0.714. The summed E-state index contributed by atoms with van der Waals surface area (Å²) in [5, 5.41) is 3.67. The molecular weight excluding hydrogens is 348 g/mol. The number of thiophene rings is 1. The van der Waals surface area contributed by atoms with Gasteiger partial charge in [0.25, 0.3) is 5.91 Å². The Bertz CT molecular complexity index is 769. The molecule has 5 nitrogen and oxygen atoms in total. The van der Waals surface area contributed by atoms with Gasteiger partial charge in [-0.15, -0.1) is 11.3 Å². The Hall–Kier alpha value is -2.34. The number of amides is 2. The minimum atomic E-state index is -0.0147. The van der Waals surface area contributed by atoms with Gasteiger partial charge in [0.2, 0.25) is 5.91 Å². The minimum Gasteiger partial charge on any atom is -0.494 e. The summed E-state index contributed by atoms with van der Waals surface area (Å²) in [6, 6.07) is 11.5. The van der Waals surface area contributed by atoms with Crippen molar-refractivity contribution in [3.8, 4) is 5.75 Å². The molecule has 2 amide bonds. The summed E-state index contributed by atoms with van der Waals surface area (Å²) in [6.07, 6.45) is 2.69. The van der Waals surface area contributed by atoms with Crippen LogP contribution in [-0.2, 0) is 4.79 Å². The molecule has 1 aliphatic rings. The van der Waals surface area contributed by atoms with Crippen LogP contribution in [0.25, 0.3) is 0 Å². The highest BCUT2D eigenvalue weighted by Gasteiger charge is 2.30. The Labute approximate surface area is 158 Å². The average Bonchev–Trinajstić information content (AvgIpc) is 3.43. The van der Waals surface area contributed by atoms with Gasteiger partial charge in [-0.25, -0.2) is 0 Å². The number of hydrogen-bond acceptors (Lipinski definition) is 4. The van der Waals surface area contributed by atoms with Gasteiger partial charge in [0.15, 0.2) is 0 Å². The third-order valence-corrected chi connectivity index (χ3v) is 5.44. The second kappa shape index (κ2) is 8.36. The van der Waals surface area contributed by atoms with E-state index >= 15 is 0 Å². The lowest BCUT2D eigenvalue weighted by Crippen LogP contribution is -2.28. The molecular formula is C20H24N2O3S. The van der Waals surface area contributed by atoms with Gasteiger partial charge < -0.3 is 15.0 Å². The Morgan fingerprint density at radius 3 is 2.69 bits per heavy atom. The topological polar surface area (TPSA) is 58.6 Å². The molecule has 0 atom stereocenters. The van der Waals surface area contributed by atoms with Crippen LogP contribution in [0, 0.1) is 12.8 Å². The van der Waals surface area contributed by atoms with Crippen molar-refractivity contribution in [2.24, 2.45) is 5.92 Å². The molecule has 1 N–H and O–H groups in total. The van der Waals surface area contributed by atoms with Crippen molar-refractivity contribution in [3.05, 3.63) is 46.8 Å². The van der Waals surface area contributed by atoms with Crippen molar-refractivity contribution in [1.82, 2.24) is 4.90 Å². The number of ether oxygens (including phenoxy) is 1. The maximum atomic E-state index is 12.7. The number of aryl methyl sites for hydroxylation is 1. The fourth-order valence-corrected chi connectivity index (χ4v) is 3.68. The first-order chi connectivity index (χ1) is 12.5. The van der Waals surface area contributed by atoms with Crippen LogP contribution < -0.4 is 10.1 Å². The maximum Gasteiger partial charge on any atom is 0.264 e. The number of nitrogens with one attached hydrogen (secondary N) is 1. The van der Waals surface area contributed by atoms with Gasteiger partial charge in [-0.1, -0.05) is 18.2 Å². The molecule has 26 heavy (non-hydrogen) atoms. The third kappa shape index (κ3) is 4.85. The van der Waals surface area contributed by atoms with Gasteiger partial charge in [-0.05, 0) is 49.9 Å². The van der Waals surface area contributed by atoms with Crippen LogP contribution in [0.2, 0.25) is 0 Å². The number of para-hydroxylation sites is 1. The standard InChI is InChI=1S/C20H24N2O3S/c1-14-13-17(21-19(23)15-9-10-15)26-18(14)20(24)22(2)11-6-12-25-16-7-4-3-5-8-16/h3-5,7-8,13,15H,6,9-12H2,1-2H3,(H,21,23). The van der Waals surface area contributed by atoms with E-state index in [0.29, 0.717) is 18.0 Å². The molecule has 1 aromatic heterocycles. The van der Waals surface area contributed by atoms with Gasteiger partial charge in [0, 0.05) is 19.5 Å². The van der Waals surface area contributed by atoms with Crippen molar-refractivity contribution < 1.29 is 14.3 Å². The van der Waals surface area contributed by atoms with Gasteiger partial charge in [0.1, 0.15) is 5.75 Å². The molecule has 1 saturated carbocycles. The zero-order valence-electron chi connectivity index (χ0n) is 15.2. The van der Waals surface area contributed by atoms with Crippen molar-refractivity contribution in [2.45, 2.75) is 26.2 Å². The Balaban J connectivity index is 1.48. The maximum absolute atomic E-state index is 12.7. The van der Waals surface area contributed by atoms with Crippen LogP contribution >= 0.6 is 11.3 Å². The van der Waals surface area contributed by atoms with Gasteiger partial charge >= 0.3 is 0 Å². The molecule has 0 unspecified atom stereocenters. The van der Waals surface area contributed by atoms with E-state index in [2.05, 4.69) is 5.32 Å². The van der Waals surface area contributed by atoms with Crippen molar-refractivity contribution in [1.29, 1.82) is 0 Å². The van der Waals surface area contributed by atoms with Crippen LogP contribution in [0.4, 0.5) is 5.00 Å². The van der Waals surface area contributed by atoms with Crippen LogP contribution in [0.3, 0.4) is 0 Å². The summed E-state index contributed by atoms with van der Waals surface area (Å²) in [5.41, 5.74) is 0.901. The van der Waals surface area contributed by atoms with E-state index in [9.17, 15) is 9.59 Å². The molecule has 1 aliphatic carbocycles. The molecule has 1 heterocycles.